The highest BCUT2D eigenvalue weighted by atomic mass is 32.1. The average Bonchev–Trinajstić information content (AvgIpc) is 4.14. The van der Waals surface area contributed by atoms with Crippen LogP contribution in [-0.2, 0) is 0 Å². The third kappa shape index (κ3) is 5.37. The van der Waals surface area contributed by atoms with E-state index in [0.29, 0.717) is 0 Å². The van der Waals surface area contributed by atoms with E-state index in [4.69, 9.17) is 8.83 Å². The molecule has 0 fully saturated rings. The summed E-state index contributed by atoms with van der Waals surface area (Å²) in [5.74, 6) is 0. The first kappa shape index (κ1) is 36.1. The normalized spacial score (nSPS) is 12.0. The number of thiophene rings is 1. The molecule has 0 aliphatic rings. The van der Waals surface area contributed by atoms with Gasteiger partial charge in [0.2, 0.25) is 0 Å². The highest BCUT2D eigenvalue weighted by molar-refractivity contribution is 7.26. The van der Waals surface area contributed by atoms with Crippen LogP contribution in [0.25, 0.3) is 114 Å². The highest BCUT2D eigenvalue weighted by Crippen LogP contribution is 2.52. The van der Waals surface area contributed by atoms with Gasteiger partial charge in [-0.15, -0.1) is 11.3 Å². The molecule has 5 heteroatoms. The van der Waals surface area contributed by atoms with E-state index < -0.39 is 0 Å². The number of benzene rings is 10. The van der Waals surface area contributed by atoms with Gasteiger partial charge in [0.05, 0.1) is 32.8 Å². The van der Waals surface area contributed by atoms with Crippen molar-refractivity contribution in [1.82, 2.24) is 4.57 Å². The average molecular weight is 849 g/mol. The molecule has 14 rings (SSSR count). The number of anilines is 3. The van der Waals surface area contributed by atoms with Gasteiger partial charge in [-0.1, -0.05) is 152 Å². The van der Waals surface area contributed by atoms with E-state index in [-0.39, 0.29) is 0 Å². The predicted octanol–water partition coefficient (Wildman–Crippen LogP) is 17.8. The zero-order valence-corrected chi connectivity index (χ0v) is 35.7. The lowest BCUT2D eigenvalue weighted by Crippen LogP contribution is -2.13. The fraction of sp³-hybridized carbons (Fsp3) is 0. The summed E-state index contributed by atoms with van der Waals surface area (Å²) in [4.78, 5) is 2.48. The number of para-hydroxylation sites is 6. The van der Waals surface area contributed by atoms with Crippen molar-refractivity contribution in [2.24, 2.45) is 0 Å². The minimum absolute atomic E-state index is 0.841. The molecule has 0 amide bonds. The predicted molar refractivity (Wildman–Crippen MR) is 274 cm³/mol. The summed E-state index contributed by atoms with van der Waals surface area (Å²) in [6.07, 6.45) is 0. The maximum atomic E-state index is 7.07. The molecule has 0 radical (unpaired) electrons. The molecule has 10 aromatic carbocycles. The van der Waals surface area contributed by atoms with Crippen molar-refractivity contribution in [3.05, 3.63) is 218 Å². The fourth-order valence-electron chi connectivity index (χ4n) is 10.4. The largest absolute Gasteiger partial charge is 0.455 e. The van der Waals surface area contributed by atoms with Crippen LogP contribution in [0.15, 0.2) is 227 Å². The molecule has 0 aliphatic heterocycles. The Morgan fingerprint density at radius 2 is 0.923 bits per heavy atom. The quantitative estimate of drug-likeness (QED) is 0.167. The van der Waals surface area contributed by atoms with Crippen LogP contribution in [0.5, 0.6) is 0 Å². The Kier molecular flexibility index (Phi) is 7.82. The molecule has 0 bridgehead atoms. The Hall–Kier alpha value is -8.38. The molecule has 304 valence electrons. The molecule has 4 aromatic heterocycles. The Bertz CT molecular complexity index is 4170. The third-order valence-corrected chi connectivity index (χ3v) is 14.4. The van der Waals surface area contributed by atoms with Gasteiger partial charge in [0.1, 0.15) is 22.3 Å². The Morgan fingerprint density at radius 3 is 1.71 bits per heavy atom. The molecule has 4 heterocycles. The molecule has 0 aliphatic carbocycles. The van der Waals surface area contributed by atoms with E-state index in [0.717, 1.165) is 88.9 Å². The van der Waals surface area contributed by atoms with E-state index >= 15 is 0 Å². The van der Waals surface area contributed by atoms with Crippen molar-refractivity contribution in [3.63, 3.8) is 0 Å². The summed E-state index contributed by atoms with van der Waals surface area (Å²) in [5.41, 5.74) is 14.1. The first-order valence-corrected chi connectivity index (χ1v) is 22.8. The van der Waals surface area contributed by atoms with Crippen LogP contribution in [0.4, 0.5) is 17.1 Å². The van der Waals surface area contributed by atoms with Crippen LogP contribution in [0.3, 0.4) is 0 Å². The van der Waals surface area contributed by atoms with Crippen molar-refractivity contribution in [2.45, 2.75) is 0 Å². The molecule has 4 nitrogen and oxygen atoms in total. The minimum Gasteiger partial charge on any atom is -0.455 e. The topological polar surface area (TPSA) is 34.5 Å². The standard InChI is InChI=1S/C60H36N2O2S/c1-7-27-49-39(18-1)40-19-2-8-28-50(40)61(49)38-17-13-16-37(36-38)57-52(35-34-47-43-22-5-11-32-55(43)64-59(47)57)62(53-30-15-26-48-44-23-6-12-33-56(44)65-60(48)53)51-29-9-3-20-41(51)45-24-14-25-46-42-21-4-10-31-54(42)63-58(45)46/h1-36H. The molecule has 0 unspecified atom stereocenters. The lowest BCUT2D eigenvalue weighted by Gasteiger charge is -2.30. The first-order valence-electron chi connectivity index (χ1n) is 22.0. The maximum Gasteiger partial charge on any atom is 0.145 e. The lowest BCUT2D eigenvalue weighted by molar-refractivity contribution is 0.669. The molecule has 0 saturated heterocycles. The number of nitrogens with zero attached hydrogens (tertiary/aromatic N) is 2. The third-order valence-electron chi connectivity index (χ3n) is 13.2. The molecule has 0 saturated carbocycles. The monoisotopic (exact) mass is 848 g/mol. The van der Waals surface area contributed by atoms with Gasteiger partial charge < -0.3 is 18.3 Å². The van der Waals surface area contributed by atoms with Crippen molar-refractivity contribution < 1.29 is 8.83 Å². The second-order valence-electron chi connectivity index (χ2n) is 16.7. The van der Waals surface area contributed by atoms with Crippen molar-refractivity contribution in [3.8, 4) is 27.9 Å². The second-order valence-corrected chi connectivity index (χ2v) is 17.8. The molecule has 14 aromatic rings. The highest BCUT2D eigenvalue weighted by Gasteiger charge is 2.28. The van der Waals surface area contributed by atoms with E-state index in [1.807, 2.05) is 17.4 Å². The number of hydrogen-bond acceptors (Lipinski definition) is 4. The number of furan rings is 2. The van der Waals surface area contributed by atoms with Gasteiger partial charge >= 0.3 is 0 Å². The van der Waals surface area contributed by atoms with Gasteiger partial charge in [-0.2, -0.15) is 0 Å². The van der Waals surface area contributed by atoms with Crippen molar-refractivity contribution in [2.75, 3.05) is 4.90 Å². The Balaban J connectivity index is 1.10. The smallest absolute Gasteiger partial charge is 0.145 e. The lowest BCUT2D eigenvalue weighted by atomic mass is 9.96. The van der Waals surface area contributed by atoms with E-state index in [9.17, 15) is 0 Å². The summed E-state index contributed by atoms with van der Waals surface area (Å²) >= 11 is 1.84. The van der Waals surface area contributed by atoms with Gasteiger partial charge in [-0.05, 0) is 72.3 Å². The van der Waals surface area contributed by atoms with Gasteiger partial charge in [-0.3, -0.25) is 0 Å². The zero-order chi connectivity index (χ0) is 42.6. The number of rotatable bonds is 6. The minimum atomic E-state index is 0.841. The van der Waals surface area contributed by atoms with E-state index in [1.165, 1.54) is 42.0 Å². The van der Waals surface area contributed by atoms with Crippen LogP contribution in [0.2, 0.25) is 0 Å². The van der Waals surface area contributed by atoms with E-state index in [1.54, 1.807) is 0 Å². The first-order chi connectivity index (χ1) is 32.3. The Morgan fingerprint density at radius 1 is 0.369 bits per heavy atom. The van der Waals surface area contributed by atoms with Crippen LogP contribution in [0, 0.1) is 0 Å². The summed E-state index contributed by atoms with van der Waals surface area (Å²) < 4.78 is 18.7. The Labute approximate surface area is 377 Å². The molecule has 0 spiro atoms. The summed E-state index contributed by atoms with van der Waals surface area (Å²) in [6.45, 7) is 0. The molecule has 0 N–H and O–H groups in total. The van der Waals surface area contributed by atoms with Crippen LogP contribution in [0.1, 0.15) is 0 Å². The number of fused-ring (bicyclic) bond motifs is 12. The maximum absolute atomic E-state index is 7.07. The van der Waals surface area contributed by atoms with Gasteiger partial charge in [-0.25, -0.2) is 0 Å². The SMILES string of the molecule is c1cc(-c2c(N(c3ccccc3-c3cccc4c3oc3ccccc34)c3cccc4c3sc3ccccc34)ccc3c2oc2ccccc23)cc(-n2c3ccccc3c3ccccc32)c1. The molecule has 65 heavy (non-hydrogen) atoms. The number of hydrogen-bond donors (Lipinski definition) is 0. The fourth-order valence-corrected chi connectivity index (χ4v) is 11.6. The van der Waals surface area contributed by atoms with Gasteiger partial charge in [0, 0.05) is 70.2 Å². The van der Waals surface area contributed by atoms with Crippen LogP contribution < -0.4 is 4.90 Å². The molecule has 0 atom stereocenters. The summed E-state index contributed by atoms with van der Waals surface area (Å²) in [7, 11) is 0. The molecular weight excluding hydrogens is 813 g/mol. The van der Waals surface area contributed by atoms with Crippen LogP contribution in [-0.4, -0.2) is 4.57 Å². The molecular formula is C60H36N2O2S. The number of aromatic nitrogens is 1. The van der Waals surface area contributed by atoms with E-state index in [2.05, 4.69) is 222 Å². The zero-order valence-electron chi connectivity index (χ0n) is 34.9. The van der Waals surface area contributed by atoms with Gasteiger partial charge in [0.15, 0.2) is 0 Å². The van der Waals surface area contributed by atoms with Crippen molar-refractivity contribution >= 4 is 114 Å². The van der Waals surface area contributed by atoms with Crippen molar-refractivity contribution in [1.29, 1.82) is 0 Å². The summed E-state index contributed by atoms with van der Waals surface area (Å²) in [5, 5.41) is 9.29. The van der Waals surface area contributed by atoms with Gasteiger partial charge in [0.25, 0.3) is 0 Å². The van der Waals surface area contributed by atoms with Crippen LogP contribution >= 0.6 is 11.3 Å². The second kappa shape index (κ2) is 14.1. The summed E-state index contributed by atoms with van der Waals surface area (Å²) in [6, 6.07) is 78.4.